The number of methoxy groups -OCH3 is 1. The first-order valence-corrected chi connectivity index (χ1v) is 14.6. The van der Waals surface area contributed by atoms with E-state index in [1.807, 2.05) is 42.5 Å². The van der Waals surface area contributed by atoms with Crippen LogP contribution < -0.4 is 9.64 Å². The maximum Gasteiger partial charge on any atom is 0.319 e. The Morgan fingerprint density at radius 1 is 0.925 bits per heavy atom. The van der Waals surface area contributed by atoms with E-state index in [9.17, 15) is 0 Å². The Labute approximate surface area is 234 Å². The lowest BCUT2D eigenvalue weighted by Gasteiger charge is -2.34. The van der Waals surface area contributed by atoms with Gasteiger partial charge in [0.1, 0.15) is 23.1 Å². The molecule has 1 aliphatic carbocycles. The first-order chi connectivity index (χ1) is 19.7. The first kappa shape index (κ1) is 25.6. The molecule has 2 atom stereocenters. The maximum absolute atomic E-state index is 16.5. The predicted octanol–water partition coefficient (Wildman–Crippen LogP) is 5.71. The van der Waals surface area contributed by atoms with Gasteiger partial charge in [0.15, 0.2) is 5.82 Å². The molecule has 2 aliphatic heterocycles. The largest absolute Gasteiger partial charge is 0.460 e. The third-order valence-corrected chi connectivity index (χ3v) is 9.01. The average molecular weight is 542 g/mol. The highest BCUT2D eigenvalue weighted by Gasteiger charge is 2.35. The van der Waals surface area contributed by atoms with E-state index in [0.717, 1.165) is 74.3 Å². The number of nitrogens with zero attached hydrogens (tertiary/aromatic N) is 5. The van der Waals surface area contributed by atoms with Gasteiger partial charge in [0.2, 0.25) is 0 Å². The number of aromatic nitrogens is 3. The van der Waals surface area contributed by atoms with E-state index in [-0.39, 0.29) is 17.6 Å². The Balaban J connectivity index is 1.27. The van der Waals surface area contributed by atoms with E-state index in [0.29, 0.717) is 22.9 Å². The van der Waals surface area contributed by atoms with Gasteiger partial charge in [-0.3, -0.25) is 4.98 Å². The van der Waals surface area contributed by atoms with Crippen LogP contribution in [0.25, 0.3) is 32.9 Å². The molecule has 4 aromatic rings. The molecule has 2 bridgehead atoms. The number of benzene rings is 2. The number of hydrogen-bond donors (Lipinski definition) is 0. The molecule has 0 radical (unpaired) electrons. The van der Waals surface area contributed by atoms with E-state index in [1.54, 1.807) is 13.3 Å². The molecule has 7 nitrogen and oxygen atoms in total. The minimum absolute atomic E-state index is 0.00377. The van der Waals surface area contributed by atoms with Crippen molar-refractivity contribution >= 4 is 27.5 Å². The quantitative estimate of drug-likeness (QED) is 0.297. The van der Waals surface area contributed by atoms with E-state index in [1.165, 1.54) is 19.3 Å². The summed E-state index contributed by atoms with van der Waals surface area (Å²) in [7, 11) is 1.73. The van der Waals surface area contributed by atoms with Crippen molar-refractivity contribution in [3.63, 3.8) is 0 Å². The van der Waals surface area contributed by atoms with Crippen molar-refractivity contribution in [3.8, 4) is 17.3 Å². The number of likely N-dealkylation sites (tertiary alicyclic amines) is 1. The summed E-state index contributed by atoms with van der Waals surface area (Å²) in [5.74, 6) is 1.66. The van der Waals surface area contributed by atoms with Crippen LogP contribution in [0.4, 0.5) is 10.2 Å². The molecule has 8 heteroatoms. The second-order valence-electron chi connectivity index (χ2n) is 11.6. The summed E-state index contributed by atoms with van der Waals surface area (Å²) in [5, 5.41) is 2.67. The molecule has 2 aromatic heterocycles. The van der Waals surface area contributed by atoms with Gasteiger partial charge in [0, 0.05) is 51.6 Å². The SMILES string of the molecule is COCCN1CCC(Oc2nc(N3CC4CCC(C4)C3)c3cnc(-c4cccc5ccccc45)c(F)c3n2)CC1. The Morgan fingerprint density at radius 2 is 1.70 bits per heavy atom. The smallest absolute Gasteiger partial charge is 0.319 e. The monoisotopic (exact) mass is 541 g/mol. The van der Waals surface area contributed by atoms with Gasteiger partial charge in [-0.1, -0.05) is 42.5 Å². The standard InChI is InChI=1S/C32H36FN5O2/c1-39-16-15-37-13-11-24(12-14-37)40-32-35-30-27(31(36-32)38-19-21-9-10-22(17-21)20-38)18-34-29(28(30)33)26-8-4-6-23-5-2-3-7-25(23)26/h2-8,18,21-22,24H,9-17,19-20H2,1H3. The summed E-state index contributed by atoms with van der Waals surface area (Å²) >= 11 is 0. The summed E-state index contributed by atoms with van der Waals surface area (Å²) < 4.78 is 28.1. The summed E-state index contributed by atoms with van der Waals surface area (Å²) in [4.78, 5) is 19.0. The Bertz CT molecular complexity index is 1510. The number of pyridine rings is 1. The fraction of sp³-hybridized carbons (Fsp3) is 0.469. The van der Waals surface area contributed by atoms with Crippen LogP contribution in [0, 0.1) is 17.7 Å². The molecule has 208 valence electrons. The van der Waals surface area contributed by atoms with Crippen LogP contribution >= 0.6 is 0 Å². The van der Waals surface area contributed by atoms with Gasteiger partial charge in [0.25, 0.3) is 0 Å². The van der Waals surface area contributed by atoms with Gasteiger partial charge >= 0.3 is 6.01 Å². The van der Waals surface area contributed by atoms with Gasteiger partial charge in [0.05, 0.1) is 12.0 Å². The Kier molecular flexibility index (Phi) is 6.97. The molecule has 2 saturated heterocycles. The number of hydrogen-bond acceptors (Lipinski definition) is 7. The molecule has 0 spiro atoms. The lowest BCUT2D eigenvalue weighted by atomic mass is 9.98. The zero-order valence-electron chi connectivity index (χ0n) is 23.1. The summed E-state index contributed by atoms with van der Waals surface area (Å²) in [5.41, 5.74) is 1.36. The average Bonchev–Trinajstić information content (AvgIpc) is 3.33. The molecule has 2 aromatic carbocycles. The molecule has 2 unspecified atom stereocenters. The molecule has 4 heterocycles. The number of ether oxygens (including phenoxy) is 2. The van der Waals surface area contributed by atoms with E-state index in [4.69, 9.17) is 19.4 Å². The van der Waals surface area contributed by atoms with Crippen LogP contribution in [0.15, 0.2) is 48.7 Å². The number of anilines is 1. The van der Waals surface area contributed by atoms with E-state index >= 15 is 4.39 Å². The minimum atomic E-state index is -0.420. The second-order valence-corrected chi connectivity index (χ2v) is 11.6. The normalized spacial score (nSPS) is 21.9. The lowest BCUT2D eigenvalue weighted by Crippen LogP contribution is -2.40. The Hall–Kier alpha value is -3.36. The van der Waals surface area contributed by atoms with Gasteiger partial charge < -0.3 is 19.3 Å². The highest BCUT2D eigenvalue weighted by Crippen LogP contribution is 2.41. The molecular formula is C32H36FN5O2. The highest BCUT2D eigenvalue weighted by molar-refractivity contribution is 5.99. The molecule has 3 aliphatic rings. The second kappa shape index (κ2) is 10.9. The number of rotatable bonds is 7. The fourth-order valence-corrected chi connectivity index (χ4v) is 6.94. The zero-order chi connectivity index (χ0) is 27.1. The van der Waals surface area contributed by atoms with Crippen LogP contribution in [-0.4, -0.2) is 72.4 Å². The summed E-state index contributed by atoms with van der Waals surface area (Å²) in [6.45, 7) is 5.40. The van der Waals surface area contributed by atoms with Crippen LogP contribution in [0.2, 0.25) is 0 Å². The van der Waals surface area contributed by atoms with Crippen LogP contribution in [0.1, 0.15) is 32.1 Å². The molecule has 7 rings (SSSR count). The third kappa shape index (κ3) is 4.88. The topological polar surface area (TPSA) is 63.6 Å². The minimum Gasteiger partial charge on any atom is -0.460 e. The van der Waals surface area contributed by atoms with Gasteiger partial charge in [-0.2, -0.15) is 9.97 Å². The van der Waals surface area contributed by atoms with Crippen molar-refractivity contribution in [2.45, 2.75) is 38.2 Å². The molecule has 1 saturated carbocycles. The van der Waals surface area contributed by atoms with Crippen LogP contribution in [-0.2, 0) is 4.74 Å². The van der Waals surface area contributed by atoms with Gasteiger partial charge in [-0.15, -0.1) is 0 Å². The van der Waals surface area contributed by atoms with Crippen molar-refractivity contribution < 1.29 is 13.9 Å². The maximum atomic E-state index is 16.5. The van der Waals surface area contributed by atoms with Gasteiger partial charge in [-0.25, -0.2) is 4.39 Å². The molecule has 0 N–H and O–H groups in total. The Morgan fingerprint density at radius 3 is 2.50 bits per heavy atom. The molecule has 3 fully saturated rings. The van der Waals surface area contributed by atoms with E-state index in [2.05, 4.69) is 14.8 Å². The third-order valence-electron chi connectivity index (χ3n) is 9.01. The highest BCUT2D eigenvalue weighted by atomic mass is 19.1. The van der Waals surface area contributed by atoms with E-state index < -0.39 is 5.82 Å². The summed E-state index contributed by atoms with van der Waals surface area (Å²) in [6.07, 6.45) is 7.33. The van der Waals surface area contributed by atoms with Crippen LogP contribution in [0.5, 0.6) is 6.01 Å². The van der Waals surface area contributed by atoms with Crippen molar-refractivity contribution in [1.82, 2.24) is 19.9 Å². The number of piperidine rings is 2. The van der Waals surface area contributed by atoms with Crippen molar-refractivity contribution in [3.05, 3.63) is 54.5 Å². The molecule has 40 heavy (non-hydrogen) atoms. The predicted molar refractivity (Wildman–Crippen MR) is 155 cm³/mol. The first-order valence-electron chi connectivity index (χ1n) is 14.6. The lowest BCUT2D eigenvalue weighted by molar-refractivity contribution is 0.0747. The fourth-order valence-electron chi connectivity index (χ4n) is 6.94. The summed E-state index contributed by atoms with van der Waals surface area (Å²) in [6, 6.07) is 14.2. The van der Waals surface area contributed by atoms with Gasteiger partial charge in [-0.05, 0) is 54.7 Å². The van der Waals surface area contributed by atoms with Crippen molar-refractivity contribution in [2.75, 3.05) is 51.3 Å². The molecule has 0 amide bonds. The van der Waals surface area contributed by atoms with Crippen LogP contribution in [0.3, 0.4) is 0 Å². The van der Waals surface area contributed by atoms with Crippen molar-refractivity contribution in [1.29, 1.82) is 0 Å². The zero-order valence-corrected chi connectivity index (χ0v) is 23.1. The molecular weight excluding hydrogens is 505 g/mol. The number of halogens is 1. The van der Waals surface area contributed by atoms with Crippen molar-refractivity contribution in [2.24, 2.45) is 11.8 Å². The number of fused-ring (bicyclic) bond motifs is 4.